The first-order valence-electron chi connectivity index (χ1n) is 31.7. The third kappa shape index (κ3) is 61.1. The Morgan fingerprint density at radius 3 is 0.813 bits per heavy atom. The van der Waals surface area contributed by atoms with E-state index in [2.05, 4.69) is 118 Å². The van der Waals surface area contributed by atoms with Crippen LogP contribution in [0.15, 0.2) is 97.2 Å². The highest BCUT2D eigenvalue weighted by Crippen LogP contribution is 2.17. The molecular weight excluding hydrogens is 925 g/mol. The smallest absolute Gasteiger partial charge is 0.306 e. The van der Waals surface area contributed by atoms with E-state index in [1.54, 1.807) is 0 Å². The summed E-state index contributed by atoms with van der Waals surface area (Å²) in [6, 6.07) is 0. The number of hydrogen-bond donors (Lipinski definition) is 0. The molecule has 75 heavy (non-hydrogen) atoms. The first-order valence-corrected chi connectivity index (χ1v) is 31.7. The topological polar surface area (TPSA) is 78.9 Å². The van der Waals surface area contributed by atoms with E-state index >= 15 is 0 Å². The lowest BCUT2D eigenvalue weighted by atomic mass is 10.0. The molecule has 0 radical (unpaired) electrons. The van der Waals surface area contributed by atoms with Crippen molar-refractivity contribution in [3.63, 3.8) is 0 Å². The summed E-state index contributed by atoms with van der Waals surface area (Å²) in [6.45, 7) is 6.42. The van der Waals surface area contributed by atoms with E-state index < -0.39 is 6.10 Å². The van der Waals surface area contributed by atoms with E-state index in [9.17, 15) is 14.4 Å². The predicted octanol–water partition coefficient (Wildman–Crippen LogP) is 21.7. The molecule has 430 valence electrons. The summed E-state index contributed by atoms with van der Waals surface area (Å²) in [5.41, 5.74) is 0. The number of unbranched alkanes of at least 4 members (excludes halogenated alkanes) is 30. The lowest BCUT2D eigenvalue weighted by Crippen LogP contribution is -2.30. The van der Waals surface area contributed by atoms with Gasteiger partial charge in [-0.1, -0.05) is 285 Å². The maximum atomic E-state index is 12.9. The van der Waals surface area contributed by atoms with Crippen molar-refractivity contribution in [2.45, 2.75) is 309 Å². The third-order valence-electron chi connectivity index (χ3n) is 13.6. The first kappa shape index (κ1) is 71.3. The van der Waals surface area contributed by atoms with Gasteiger partial charge in [-0.3, -0.25) is 14.4 Å². The van der Waals surface area contributed by atoms with Crippen LogP contribution in [0.4, 0.5) is 0 Å². The molecule has 0 heterocycles. The Kier molecular flexibility index (Phi) is 59.8. The number of hydrogen-bond acceptors (Lipinski definition) is 6. The summed E-state index contributed by atoms with van der Waals surface area (Å²) < 4.78 is 16.9. The van der Waals surface area contributed by atoms with Gasteiger partial charge in [0.05, 0.1) is 0 Å². The summed E-state index contributed by atoms with van der Waals surface area (Å²) in [5, 5.41) is 0. The van der Waals surface area contributed by atoms with Crippen LogP contribution >= 0.6 is 0 Å². The van der Waals surface area contributed by atoms with Crippen LogP contribution in [-0.4, -0.2) is 37.2 Å². The second-order valence-corrected chi connectivity index (χ2v) is 20.9. The van der Waals surface area contributed by atoms with Crippen LogP contribution < -0.4 is 0 Å². The fraction of sp³-hybridized carbons (Fsp3) is 0.725. The molecule has 0 fully saturated rings. The van der Waals surface area contributed by atoms with Crippen LogP contribution in [0, 0.1) is 0 Å². The van der Waals surface area contributed by atoms with Crippen LogP contribution in [0.25, 0.3) is 0 Å². The van der Waals surface area contributed by atoms with Crippen molar-refractivity contribution in [1.29, 1.82) is 0 Å². The summed E-state index contributed by atoms with van der Waals surface area (Å²) >= 11 is 0. The molecule has 0 saturated carbocycles. The zero-order valence-corrected chi connectivity index (χ0v) is 49.3. The Bertz CT molecular complexity index is 1480. The van der Waals surface area contributed by atoms with Crippen molar-refractivity contribution in [1.82, 2.24) is 0 Å². The van der Waals surface area contributed by atoms with Gasteiger partial charge < -0.3 is 14.2 Å². The maximum absolute atomic E-state index is 12.9. The number of carbonyl (C=O) groups excluding carboxylic acids is 3. The van der Waals surface area contributed by atoms with Gasteiger partial charge in [0.15, 0.2) is 6.10 Å². The number of carbonyl (C=O) groups is 3. The Labute approximate surface area is 464 Å². The van der Waals surface area contributed by atoms with Gasteiger partial charge in [0, 0.05) is 19.3 Å². The molecular formula is C69H118O6. The summed E-state index contributed by atoms with van der Waals surface area (Å²) in [7, 11) is 0. The lowest BCUT2D eigenvalue weighted by molar-refractivity contribution is -0.167. The minimum Gasteiger partial charge on any atom is -0.462 e. The quantitative estimate of drug-likeness (QED) is 0.0261. The Balaban J connectivity index is 4.40. The minimum atomic E-state index is -0.794. The standard InChI is InChI=1S/C69H118O6/c1-4-7-10-13-16-19-22-25-28-30-32-34-36-38-41-44-47-50-53-56-59-62-68(71)74-65-66(64-73-67(70)61-58-55-52-49-46-43-40-27-24-21-18-15-12-9-6-3)75-69(72)63-60-57-54-51-48-45-42-39-37-35-33-31-29-26-23-20-17-14-11-8-5-2/h7,9-10,12,16,18-19,21,25,27-28,32,34,38,40-41,66H,4-6,8,11,13-15,17,20,22-24,26,29-31,33,35-37,39,42-65H2,1-3H3/b10-7-,12-9-,19-16-,21-18-,28-25-,34-32-,40-27-,41-38-. The Morgan fingerprint density at radius 2 is 0.520 bits per heavy atom. The zero-order valence-electron chi connectivity index (χ0n) is 49.3. The van der Waals surface area contributed by atoms with Gasteiger partial charge in [-0.25, -0.2) is 0 Å². The fourth-order valence-corrected chi connectivity index (χ4v) is 8.90. The van der Waals surface area contributed by atoms with Crippen LogP contribution in [0.1, 0.15) is 303 Å². The number of rotatable bonds is 57. The molecule has 1 atom stereocenters. The molecule has 0 rings (SSSR count). The van der Waals surface area contributed by atoms with Crippen molar-refractivity contribution >= 4 is 17.9 Å². The summed E-state index contributed by atoms with van der Waals surface area (Å²) in [5.74, 6) is -0.914. The van der Waals surface area contributed by atoms with Crippen molar-refractivity contribution in [3.8, 4) is 0 Å². The van der Waals surface area contributed by atoms with E-state index in [0.717, 1.165) is 148 Å². The minimum absolute atomic E-state index is 0.0913. The molecule has 0 aromatic rings. The molecule has 1 unspecified atom stereocenters. The summed E-state index contributed by atoms with van der Waals surface area (Å²) in [4.78, 5) is 38.3. The van der Waals surface area contributed by atoms with E-state index in [1.807, 2.05) is 0 Å². The number of ether oxygens (including phenoxy) is 3. The molecule has 0 aliphatic rings. The van der Waals surface area contributed by atoms with Gasteiger partial charge in [-0.05, 0) is 96.3 Å². The normalized spacial score (nSPS) is 12.7. The maximum Gasteiger partial charge on any atom is 0.306 e. The molecule has 6 nitrogen and oxygen atoms in total. The number of esters is 3. The second kappa shape index (κ2) is 62.9. The summed E-state index contributed by atoms with van der Waals surface area (Å²) in [6.07, 6.45) is 84.1. The molecule has 0 saturated heterocycles. The second-order valence-electron chi connectivity index (χ2n) is 20.9. The van der Waals surface area contributed by atoms with E-state index in [4.69, 9.17) is 14.2 Å². The predicted molar refractivity (Wildman–Crippen MR) is 325 cm³/mol. The third-order valence-corrected chi connectivity index (χ3v) is 13.6. The van der Waals surface area contributed by atoms with E-state index in [0.29, 0.717) is 19.3 Å². The van der Waals surface area contributed by atoms with Crippen molar-refractivity contribution in [3.05, 3.63) is 97.2 Å². The number of allylic oxidation sites excluding steroid dienone is 16. The van der Waals surface area contributed by atoms with Crippen LogP contribution in [0.5, 0.6) is 0 Å². The zero-order chi connectivity index (χ0) is 54.3. The molecule has 0 aliphatic carbocycles. The lowest BCUT2D eigenvalue weighted by Gasteiger charge is -2.18. The highest BCUT2D eigenvalue weighted by atomic mass is 16.6. The van der Waals surface area contributed by atoms with Crippen LogP contribution in [-0.2, 0) is 28.6 Å². The highest BCUT2D eigenvalue weighted by molar-refractivity contribution is 5.71. The van der Waals surface area contributed by atoms with Gasteiger partial charge in [0.1, 0.15) is 13.2 Å². The van der Waals surface area contributed by atoms with E-state index in [1.165, 1.54) is 116 Å². The van der Waals surface area contributed by atoms with Gasteiger partial charge in [0.2, 0.25) is 0 Å². The highest BCUT2D eigenvalue weighted by Gasteiger charge is 2.19. The SMILES string of the molecule is CC/C=C\C/C=C\C/C=C\C/C=C\C/C=C\CCCCCCCC(=O)OCC(COC(=O)CCCCCCC/C=C\C/C=C\C/C=C\CC)OC(=O)CCCCCCCCCCCCCCCCCCCCCCC. The van der Waals surface area contributed by atoms with Gasteiger partial charge in [-0.2, -0.15) is 0 Å². The van der Waals surface area contributed by atoms with Crippen molar-refractivity contribution in [2.24, 2.45) is 0 Å². The van der Waals surface area contributed by atoms with Gasteiger partial charge >= 0.3 is 17.9 Å². The van der Waals surface area contributed by atoms with E-state index in [-0.39, 0.29) is 31.1 Å². The Morgan fingerprint density at radius 1 is 0.280 bits per heavy atom. The average Bonchev–Trinajstić information content (AvgIpc) is 3.41. The molecule has 0 aliphatic heterocycles. The van der Waals surface area contributed by atoms with Crippen LogP contribution in [0.2, 0.25) is 0 Å². The van der Waals surface area contributed by atoms with Gasteiger partial charge in [0.25, 0.3) is 0 Å². The van der Waals surface area contributed by atoms with Gasteiger partial charge in [-0.15, -0.1) is 0 Å². The largest absolute Gasteiger partial charge is 0.462 e. The molecule has 6 heteroatoms. The average molecular weight is 1040 g/mol. The molecule has 0 aromatic heterocycles. The molecule has 0 aromatic carbocycles. The molecule has 0 spiro atoms. The van der Waals surface area contributed by atoms with Crippen molar-refractivity contribution < 1.29 is 28.6 Å². The monoisotopic (exact) mass is 1040 g/mol. The fourth-order valence-electron chi connectivity index (χ4n) is 8.90. The molecule has 0 N–H and O–H groups in total. The van der Waals surface area contributed by atoms with Crippen LogP contribution in [0.3, 0.4) is 0 Å². The molecule has 0 amide bonds. The first-order chi connectivity index (χ1) is 37.0. The van der Waals surface area contributed by atoms with Crippen molar-refractivity contribution in [2.75, 3.05) is 13.2 Å². The Hall–Kier alpha value is -3.67. The molecule has 0 bridgehead atoms.